The molecule has 0 saturated carbocycles. The number of aryl methyl sites for hydroxylation is 1. The summed E-state index contributed by atoms with van der Waals surface area (Å²) in [7, 11) is 0. The van der Waals surface area contributed by atoms with E-state index in [9.17, 15) is 14.4 Å². The number of carbonyl (C=O) groups is 3. The maximum atomic E-state index is 12.9. The van der Waals surface area contributed by atoms with E-state index in [4.69, 9.17) is 22.1 Å². The summed E-state index contributed by atoms with van der Waals surface area (Å²) < 4.78 is 5.27. The lowest BCUT2D eigenvalue weighted by Gasteiger charge is -2.29. The predicted octanol–water partition coefficient (Wildman–Crippen LogP) is 2.68. The van der Waals surface area contributed by atoms with Crippen LogP contribution in [-0.2, 0) is 14.4 Å². The third-order valence-electron chi connectivity index (χ3n) is 4.25. The number of carboxylic acid groups (broad SMARTS) is 1. The minimum Gasteiger partial charge on any atom is -0.479 e. The molecule has 0 aromatic heterocycles. The van der Waals surface area contributed by atoms with Gasteiger partial charge in [-0.1, -0.05) is 29.8 Å². The van der Waals surface area contributed by atoms with Gasteiger partial charge in [-0.15, -0.1) is 0 Å². The molecule has 2 amide bonds. The van der Waals surface area contributed by atoms with Gasteiger partial charge in [0.25, 0.3) is 11.8 Å². The monoisotopic (exact) mass is 410 g/mol. The van der Waals surface area contributed by atoms with Gasteiger partial charge >= 0.3 is 5.97 Å². The van der Waals surface area contributed by atoms with E-state index in [1.165, 1.54) is 17.9 Å². The van der Waals surface area contributed by atoms with E-state index in [1.807, 2.05) is 19.1 Å². The molecule has 148 valence electrons. The standard InChI is InChI=1S/C21H18N2O5S/c1-12-3-7-15(8-4-12)23-19(25)17(18(24)22-21(23)29)11-14-5-9-16(10-6-14)28-13(2)20(26)27/h3-11,13H,1-2H3,(H,26,27)(H,22,24,29)/b17-11-/t13-/m1/s1. The van der Waals surface area contributed by atoms with Gasteiger partial charge in [0, 0.05) is 0 Å². The number of nitrogens with zero attached hydrogens (tertiary/aromatic N) is 1. The molecule has 8 heteroatoms. The van der Waals surface area contributed by atoms with Crippen molar-refractivity contribution in [3.8, 4) is 5.75 Å². The van der Waals surface area contributed by atoms with Crippen molar-refractivity contribution in [2.24, 2.45) is 0 Å². The summed E-state index contributed by atoms with van der Waals surface area (Å²) in [6.45, 7) is 3.35. The normalized spacial score (nSPS) is 16.6. The molecule has 0 spiro atoms. The van der Waals surface area contributed by atoms with Gasteiger partial charge in [-0.2, -0.15) is 0 Å². The number of aliphatic carboxylic acids is 1. The van der Waals surface area contributed by atoms with Gasteiger partial charge < -0.3 is 9.84 Å². The second-order valence-corrected chi connectivity index (χ2v) is 6.85. The Morgan fingerprint density at radius 3 is 2.34 bits per heavy atom. The summed E-state index contributed by atoms with van der Waals surface area (Å²) in [4.78, 5) is 37.4. The molecular formula is C21H18N2O5S. The van der Waals surface area contributed by atoms with E-state index in [0.717, 1.165) is 5.56 Å². The minimum atomic E-state index is -1.08. The van der Waals surface area contributed by atoms with Gasteiger partial charge in [-0.3, -0.25) is 19.8 Å². The van der Waals surface area contributed by atoms with Crippen LogP contribution in [0.1, 0.15) is 18.1 Å². The van der Waals surface area contributed by atoms with Crippen LogP contribution in [-0.4, -0.2) is 34.1 Å². The maximum absolute atomic E-state index is 12.9. The van der Waals surface area contributed by atoms with Crippen LogP contribution in [0.5, 0.6) is 5.75 Å². The molecule has 0 radical (unpaired) electrons. The van der Waals surface area contributed by atoms with Crippen LogP contribution in [0.3, 0.4) is 0 Å². The smallest absolute Gasteiger partial charge is 0.344 e. The quantitative estimate of drug-likeness (QED) is 0.447. The number of carboxylic acids is 1. The molecular weight excluding hydrogens is 392 g/mol. The van der Waals surface area contributed by atoms with Crippen molar-refractivity contribution in [1.29, 1.82) is 0 Å². The molecule has 3 rings (SSSR count). The zero-order chi connectivity index (χ0) is 21.1. The summed E-state index contributed by atoms with van der Waals surface area (Å²) >= 11 is 5.17. The fourth-order valence-corrected chi connectivity index (χ4v) is 2.93. The number of ether oxygens (including phenoxy) is 1. The van der Waals surface area contributed by atoms with Gasteiger partial charge in [0.05, 0.1) is 5.69 Å². The zero-order valence-corrected chi connectivity index (χ0v) is 16.5. The summed E-state index contributed by atoms with van der Waals surface area (Å²) in [5.74, 6) is -1.82. The number of nitrogens with one attached hydrogen (secondary N) is 1. The molecule has 0 bridgehead atoms. The van der Waals surface area contributed by atoms with Gasteiger partial charge in [0.2, 0.25) is 0 Å². The van der Waals surface area contributed by atoms with Crippen molar-refractivity contribution in [2.45, 2.75) is 20.0 Å². The lowest BCUT2D eigenvalue weighted by molar-refractivity contribution is -0.144. The molecule has 7 nitrogen and oxygen atoms in total. The molecule has 1 aliphatic heterocycles. The summed E-state index contributed by atoms with van der Waals surface area (Å²) in [5.41, 5.74) is 2.11. The molecule has 0 aliphatic carbocycles. The highest BCUT2D eigenvalue weighted by Crippen LogP contribution is 2.23. The minimum absolute atomic E-state index is 0.0207. The lowest BCUT2D eigenvalue weighted by Crippen LogP contribution is -2.54. The largest absolute Gasteiger partial charge is 0.479 e. The van der Waals surface area contributed by atoms with Crippen molar-refractivity contribution in [3.05, 3.63) is 65.2 Å². The number of amides is 2. The van der Waals surface area contributed by atoms with Crippen molar-refractivity contribution in [3.63, 3.8) is 0 Å². The first kappa shape index (κ1) is 20.2. The lowest BCUT2D eigenvalue weighted by atomic mass is 10.1. The van der Waals surface area contributed by atoms with Crippen LogP contribution in [0.15, 0.2) is 54.1 Å². The second-order valence-electron chi connectivity index (χ2n) is 6.46. The topological polar surface area (TPSA) is 95.9 Å². The number of rotatable bonds is 5. The summed E-state index contributed by atoms with van der Waals surface area (Å²) in [5, 5.41) is 11.4. The van der Waals surface area contributed by atoms with Gasteiger partial charge in [-0.05, 0) is 62.0 Å². The first-order chi connectivity index (χ1) is 13.8. The van der Waals surface area contributed by atoms with Crippen LogP contribution in [0, 0.1) is 6.92 Å². The van der Waals surface area contributed by atoms with Crippen molar-refractivity contribution in [1.82, 2.24) is 5.32 Å². The van der Waals surface area contributed by atoms with Gasteiger partial charge in [-0.25, -0.2) is 4.79 Å². The molecule has 29 heavy (non-hydrogen) atoms. The molecule has 1 heterocycles. The molecule has 1 saturated heterocycles. The van der Waals surface area contributed by atoms with Gasteiger partial charge in [0.15, 0.2) is 11.2 Å². The van der Waals surface area contributed by atoms with Crippen molar-refractivity contribution >= 4 is 46.9 Å². The van der Waals surface area contributed by atoms with Crippen molar-refractivity contribution < 1.29 is 24.2 Å². The van der Waals surface area contributed by atoms with E-state index >= 15 is 0 Å². The van der Waals surface area contributed by atoms with Crippen molar-refractivity contribution in [2.75, 3.05) is 4.90 Å². The Hall–Kier alpha value is -3.52. The van der Waals surface area contributed by atoms with E-state index in [1.54, 1.807) is 36.4 Å². The summed E-state index contributed by atoms with van der Waals surface area (Å²) in [6, 6.07) is 13.6. The average Bonchev–Trinajstić information content (AvgIpc) is 2.67. The molecule has 2 aromatic rings. The van der Waals surface area contributed by atoms with E-state index < -0.39 is 23.9 Å². The van der Waals surface area contributed by atoms with Crippen LogP contribution in [0.4, 0.5) is 5.69 Å². The van der Waals surface area contributed by atoms with Crippen LogP contribution < -0.4 is 15.0 Å². The maximum Gasteiger partial charge on any atom is 0.344 e. The fraction of sp³-hybridized carbons (Fsp3) is 0.143. The fourth-order valence-electron chi connectivity index (χ4n) is 2.65. The Morgan fingerprint density at radius 2 is 1.76 bits per heavy atom. The highest BCUT2D eigenvalue weighted by atomic mass is 32.1. The molecule has 1 atom stereocenters. The Bertz CT molecular complexity index is 1010. The van der Waals surface area contributed by atoms with Crippen LogP contribution >= 0.6 is 12.2 Å². The Morgan fingerprint density at radius 1 is 1.14 bits per heavy atom. The Balaban J connectivity index is 1.86. The highest BCUT2D eigenvalue weighted by Gasteiger charge is 2.34. The average molecular weight is 410 g/mol. The molecule has 2 N–H and O–H groups in total. The number of carbonyl (C=O) groups excluding carboxylic acids is 2. The molecule has 0 unspecified atom stereocenters. The van der Waals surface area contributed by atoms with E-state index in [-0.39, 0.29) is 10.7 Å². The highest BCUT2D eigenvalue weighted by molar-refractivity contribution is 7.80. The third kappa shape index (κ3) is 4.49. The first-order valence-corrected chi connectivity index (χ1v) is 9.15. The van der Waals surface area contributed by atoms with E-state index in [2.05, 4.69) is 5.32 Å². The number of hydrogen-bond acceptors (Lipinski definition) is 5. The zero-order valence-electron chi connectivity index (χ0n) is 15.7. The third-order valence-corrected chi connectivity index (χ3v) is 4.53. The summed E-state index contributed by atoms with van der Waals surface area (Å²) in [6.07, 6.45) is 0.458. The second kappa shape index (κ2) is 8.24. The number of anilines is 1. The number of hydrogen-bond donors (Lipinski definition) is 2. The number of thiocarbonyl (C=S) groups is 1. The Kier molecular flexibility index (Phi) is 5.74. The molecule has 1 aliphatic rings. The molecule has 2 aromatic carbocycles. The molecule has 1 fully saturated rings. The van der Waals surface area contributed by atoms with Crippen LogP contribution in [0.25, 0.3) is 6.08 Å². The SMILES string of the molecule is Cc1ccc(N2C(=O)/C(=C\c3ccc(O[C@H](C)C(=O)O)cc3)C(=O)NC2=S)cc1. The Labute approximate surface area is 172 Å². The van der Waals surface area contributed by atoms with E-state index in [0.29, 0.717) is 17.0 Å². The predicted molar refractivity (Wildman–Crippen MR) is 112 cm³/mol. The number of benzene rings is 2. The first-order valence-electron chi connectivity index (χ1n) is 8.74. The van der Waals surface area contributed by atoms with Gasteiger partial charge in [0.1, 0.15) is 11.3 Å². The van der Waals surface area contributed by atoms with Crippen LogP contribution in [0.2, 0.25) is 0 Å².